The number of rotatable bonds is 7. The van der Waals surface area contributed by atoms with E-state index in [0.717, 1.165) is 12.1 Å². The zero-order chi connectivity index (χ0) is 29.4. The van der Waals surface area contributed by atoms with Gasteiger partial charge in [-0.3, -0.25) is 0 Å². The largest absolute Gasteiger partial charge is 0.508 e. The molecule has 14 nitrogen and oxygen atoms in total. The maximum Gasteiger partial charge on any atom is 0.229 e. The van der Waals surface area contributed by atoms with Gasteiger partial charge in [0.25, 0.3) is 0 Å². The summed E-state index contributed by atoms with van der Waals surface area (Å²) in [5, 5.41) is 114. The van der Waals surface area contributed by atoms with Gasteiger partial charge in [0.15, 0.2) is 0 Å². The Hall–Kier alpha value is -2.86. The van der Waals surface area contributed by atoms with Crippen LogP contribution in [0, 0.1) is 0 Å². The van der Waals surface area contributed by atoms with Crippen LogP contribution in [-0.2, 0) is 20.0 Å². The van der Waals surface area contributed by atoms with Gasteiger partial charge in [0.2, 0.25) is 12.1 Å². The van der Waals surface area contributed by atoms with Gasteiger partial charge in [-0.05, 0) is 30.3 Å². The van der Waals surface area contributed by atoms with Gasteiger partial charge in [-0.2, -0.15) is 0 Å². The second kappa shape index (κ2) is 11.9. The van der Waals surface area contributed by atoms with E-state index in [1.807, 2.05) is 0 Å². The Kier molecular flexibility index (Phi) is 8.99. The van der Waals surface area contributed by atoms with E-state index in [1.54, 1.807) is 6.07 Å². The van der Waals surface area contributed by atoms with Crippen LogP contribution >= 0.6 is 0 Å². The minimum Gasteiger partial charge on any atom is -0.508 e. The molecule has 10 atom stereocenters. The molecule has 40 heavy (non-hydrogen) atoms. The lowest BCUT2D eigenvalue weighted by Gasteiger charge is -2.46. The fraction of sp³-hybridized carbons (Fsp3) is 0.462. The normalized spacial score (nSPS) is 36.8. The van der Waals surface area contributed by atoms with Gasteiger partial charge in [0.1, 0.15) is 66.1 Å². The number of para-hydroxylation sites is 1. The van der Waals surface area contributed by atoms with Crippen LogP contribution < -0.4 is 0 Å². The highest BCUT2D eigenvalue weighted by atomic mass is 16.7. The molecular weight excluding hydrogens is 536 g/mol. The van der Waals surface area contributed by atoms with E-state index < -0.39 is 85.4 Å². The van der Waals surface area contributed by atoms with Gasteiger partial charge in [-0.25, -0.2) is 0 Å². The monoisotopic (exact) mass is 568 g/mol. The lowest BCUT2D eigenvalue weighted by atomic mass is 9.85. The molecule has 220 valence electrons. The molecular formula is C26H32O14. The summed E-state index contributed by atoms with van der Waals surface area (Å²) in [4.78, 5) is 0. The van der Waals surface area contributed by atoms with Crippen molar-refractivity contribution in [2.45, 2.75) is 60.9 Å². The number of ether oxygens (including phenoxy) is 3. The maximum absolute atomic E-state index is 11.5. The number of phenols is 2. The van der Waals surface area contributed by atoms with E-state index in [1.165, 1.54) is 30.3 Å². The van der Waals surface area contributed by atoms with Crippen molar-refractivity contribution >= 4 is 11.8 Å². The molecule has 0 aliphatic carbocycles. The topological polar surface area (TPSA) is 250 Å². The summed E-state index contributed by atoms with van der Waals surface area (Å²) < 4.78 is 16.7. The lowest BCUT2D eigenvalue weighted by Crippen LogP contribution is -2.63. The number of phenolic OH excluding ortho intramolecular Hbond substituents is 2. The molecule has 2 aromatic rings. The number of aliphatic hydroxyl groups is 9. The summed E-state index contributed by atoms with van der Waals surface area (Å²) in [6.07, 6.45) is -14.8. The quantitative estimate of drug-likeness (QED) is 0.118. The second-order valence-corrected chi connectivity index (χ2v) is 9.57. The van der Waals surface area contributed by atoms with Crippen LogP contribution in [0.15, 0.2) is 42.5 Å². The molecule has 2 fully saturated rings. The zero-order valence-electron chi connectivity index (χ0n) is 20.9. The minimum atomic E-state index is -2.86. The SMILES string of the molecule is OC[C@H]1O[C@H](O/C(=C/c2ccccc2O)c2ccc(O)cc2[C@@]2(O)O[C@H](CO)[C@@H](O)[C@@H](O)[C@H]2O)[C@H](O)[C@@H](O)[C@H]1O. The summed E-state index contributed by atoms with van der Waals surface area (Å²) in [7, 11) is 0. The van der Waals surface area contributed by atoms with Crippen LogP contribution in [0.1, 0.15) is 16.7 Å². The van der Waals surface area contributed by atoms with E-state index in [0.29, 0.717) is 0 Å². The first-order valence-electron chi connectivity index (χ1n) is 12.3. The number of benzene rings is 2. The molecule has 2 saturated heterocycles. The van der Waals surface area contributed by atoms with Crippen molar-refractivity contribution in [3.8, 4) is 11.5 Å². The van der Waals surface area contributed by atoms with E-state index >= 15 is 0 Å². The summed E-state index contributed by atoms with van der Waals surface area (Å²) in [6, 6.07) is 9.22. The van der Waals surface area contributed by atoms with Crippen LogP contribution in [0.25, 0.3) is 11.8 Å². The first kappa shape index (κ1) is 30.1. The van der Waals surface area contributed by atoms with Crippen molar-refractivity contribution in [1.82, 2.24) is 0 Å². The lowest BCUT2D eigenvalue weighted by molar-refractivity contribution is -0.358. The molecule has 14 heteroatoms. The Bertz CT molecular complexity index is 1200. The summed E-state index contributed by atoms with van der Waals surface area (Å²) in [5.41, 5.74) is -0.461. The number of aromatic hydroxyl groups is 2. The molecule has 0 aromatic heterocycles. The Balaban J connectivity index is 1.87. The molecule has 0 amide bonds. The highest BCUT2D eigenvalue weighted by Crippen LogP contribution is 2.42. The van der Waals surface area contributed by atoms with Crippen molar-refractivity contribution in [1.29, 1.82) is 0 Å². The van der Waals surface area contributed by atoms with Gasteiger partial charge < -0.3 is 70.4 Å². The van der Waals surface area contributed by atoms with Crippen molar-refractivity contribution in [2.24, 2.45) is 0 Å². The standard InChI is InChI=1S/C26H32O14/c27-9-17-19(31)21(33)23(35)25(39-17)38-16(7-11-3-1-2-4-15(11)30)13-6-5-12(29)8-14(13)26(37)24(36)22(34)20(32)18(10-28)40-26/h1-8,17-25,27-37H,9-10H2/b16-7+/t17-,18-,19+,20-,21+,22-,23-,24-,25+,26-/m1/s1. The number of hydrogen-bond acceptors (Lipinski definition) is 14. The van der Waals surface area contributed by atoms with Crippen LogP contribution in [-0.4, -0.2) is 125 Å². The van der Waals surface area contributed by atoms with Gasteiger partial charge in [-0.1, -0.05) is 18.2 Å². The molecule has 0 saturated carbocycles. The van der Waals surface area contributed by atoms with Crippen molar-refractivity contribution < 1.29 is 70.4 Å². The Morgan fingerprint density at radius 2 is 1.48 bits per heavy atom. The van der Waals surface area contributed by atoms with E-state index in [4.69, 9.17) is 14.2 Å². The molecule has 0 bridgehead atoms. The van der Waals surface area contributed by atoms with Crippen LogP contribution in [0.2, 0.25) is 0 Å². The van der Waals surface area contributed by atoms with Crippen molar-refractivity contribution in [3.63, 3.8) is 0 Å². The van der Waals surface area contributed by atoms with Gasteiger partial charge in [0.05, 0.1) is 13.2 Å². The van der Waals surface area contributed by atoms with Gasteiger partial charge >= 0.3 is 0 Å². The number of hydrogen-bond donors (Lipinski definition) is 11. The Morgan fingerprint density at radius 3 is 2.12 bits per heavy atom. The molecule has 2 aliphatic rings. The zero-order valence-corrected chi connectivity index (χ0v) is 20.9. The Labute approximate surface area is 227 Å². The molecule has 2 heterocycles. The smallest absolute Gasteiger partial charge is 0.229 e. The van der Waals surface area contributed by atoms with Crippen LogP contribution in [0.4, 0.5) is 0 Å². The molecule has 4 rings (SSSR count). The first-order valence-corrected chi connectivity index (χ1v) is 12.3. The first-order chi connectivity index (χ1) is 18.9. The average Bonchev–Trinajstić information content (AvgIpc) is 2.94. The van der Waals surface area contributed by atoms with E-state index in [-0.39, 0.29) is 22.6 Å². The highest BCUT2D eigenvalue weighted by molar-refractivity contribution is 5.81. The van der Waals surface area contributed by atoms with E-state index in [2.05, 4.69) is 0 Å². The fourth-order valence-corrected chi connectivity index (χ4v) is 4.64. The summed E-state index contributed by atoms with van der Waals surface area (Å²) in [5.74, 6) is -3.86. The summed E-state index contributed by atoms with van der Waals surface area (Å²) in [6.45, 7) is -1.63. The molecule has 2 aromatic carbocycles. The Morgan fingerprint density at radius 1 is 0.825 bits per heavy atom. The van der Waals surface area contributed by atoms with Gasteiger partial charge in [0, 0.05) is 16.7 Å². The maximum atomic E-state index is 11.5. The van der Waals surface area contributed by atoms with Crippen molar-refractivity contribution in [3.05, 3.63) is 59.2 Å². The van der Waals surface area contributed by atoms with Gasteiger partial charge in [-0.15, -0.1) is 0 Å². The molecule has 2 aliphatic heterocycles. The third kappa shape index (κ3) is 5.52. The fourth-order valence-electron chi connectivity index (χ4n) is 4.64. The molecule has 0 radical (unpaired) electrons. The predicted molar refractivity (Wildman–Crippen MR) is 133 cm³/mol. The predicted octanol–water partition coefficient (Wildman–Crippen LogP) is -2.97. The molecule has 0 spiro atoms. The van der Waals surface area contributed by atoms with Crippen molar-refractivity contribution in [2.75, 3.05) is 13.2 Å². The third-order valence-corrected chi connectivity index (χ3v) is 6.94. The molecule has 0 unspecified atom stereocenters. The second-order valence-electron chi connectivity index (χ2n) is 9.57. The minimum absolute atomic E-state index is 0.141. The number of aliphatic hydroxyl groups excluding tert-OH is 8. The summed E-state index contributed by atoms with van der Waals surface area (Å²) >= 11 is 0. The average molecular weight is 569 g/mol. The molecule has 11 N–H and O–H groups in total. The van der Waals surface area contributed by atoms with E-state index in [9.17, 15) is 56.2 Å². The highest BCUT2D eigenvalue weighted by Gasteiger charge is 2.55. The van der Waals surface area contributed by atoms with Crippen LogP contribution in [0.3, 0.4) is 0 Å². The van der Waals surface area contributed by atoms with Crippen LogP contribution in [0.5, 0.6) is 11.5 Å². The third-order valence-electron chi connectivity index (χ3n) is 6.94.